The molecule has 0 saturated carbocycles. The summed E-state index contributed by atoms with van der Waals surface area (Å²) in [4.78, 5) is 22.3. The van der Waals surface area contributed by atoms with Crippen molar-refractivity contribution in [3.8, 4) is 10.6 Å². The van der Waals surface area contributed by atoms with E-state index >= 15 is 0 Å². The van der Waals surface area contributed by atoms with Crippen LogP contribution in [0.3, 0.4) is 0 Å². The maximum atomic E-state index is 10.8. The van der Waals surface area contributed by atoms with Crippen molar-refractivity contribution in [1.29, 1.82) is 0 Å². The van der Waals surface area contributed by atoms with Gasteiger partial charge in [-0.25, -0.2) is 9.97 Å². The zero-order valence-corrected chi connectivity index (χ0v) is 12.3. The molecular formula is C14H14N4OS. The first-order valence-corrected chi connectivity index (χ1v) is 7.01. The molecule has 0 aliphatic carbocycles. The summed E-state index contributed by atoms with van der Waals surface area (Å²) in [5.74, 6) is 0. The number of carbonyl (C=O) groups excluding carboxylic acids is 1. The minimum Gasteiger partial charge on any atom is -0.306 e. The molecule has 102 valence electrons. The van der Waals surface area contributed by atoms with Gasteiger partial charge in [0, 0.05) is 19.4 Å². The van der Waals surface area contributed by atoms with Gasteiger partial charge in [-0.15, -0.1) is 0 Å². The molecule has 3 aromatic heterocycles. The lowest BCUT2D eigenvalue weighted by atomic mass is 10.3. The molecule has 0 aliphatic heterocycles. The van der Waals surface area contributed by atoms with Crippen LogP contribution in [-0.4, -0.2) is 27.8 Å². The third-order valence-corrected chi connectivity index (χ3v) is 4.35. The Hall–Kier alpha value is -2.21. The van der Waals surface area contributed by atoms with Crippen molar-refractivity contribution in [3.63, 3.8) is 0 Å². The third-order valence-electron chi connectivity index (χ3n) is 3.08. The van der Waals surface area contributed by atoms with Crippen molar-refractivity contribution >= 4 is 28.5 Å². The number of anilines is 1. The Bertz CT molecular complexity index is 790. The number of hydrogen-bond donors (Lipinski definition) is 0. The second-order valence-electron chi connectivity index (χ2n) is 4.73. The highest BCUT2D eigenvalue weighted by molar-refractivity contribution is 7.19. The Kier molecular flexibility index (Phi) is 3.02. The van der Waals surface area contributed by atoms with Gasteiger partial charge in [0.1, 0.15) is 11.3 Å². The fourth-order valence-electron chi connectivity index (χ4n) is 2.03. The Labute approximate surface area is 120 Å². The van der Waals surface area contributed by atoms with Crippen LogP contribution in [0.4, 0.5) is 5.13 Å². The lowest BCUT2D eigenvalue weighted by molar-refractivity contribution is -0.107. The van der Waals surface area contributed by atoms with Crippen molar-refractivity contribution in [3.05, 3.63) is 35.8 Å². The number of pyridine rings is 1. The van der Waals surface area contributed by atoms with Gasteiger partial charge in [-0.2, -0.15) is 0 Å². The molecule has 0 N–H and O–H groups in total. The number of thiazole rings is 1. The fourth-order valence-corrected chi connectivity index (χ4v) is 2.98. The van der Waals surface area contributed by atoms with Gasteiger partial charge >= 0.3 is 0 Å². The largest absolute Gasteiger partial charge is 0.306 e. The maximum absolute atomic E-state index is 10.8. The monoisotopic (exact) mass is 286 g/mol. The highest BCUT2D eigenvalue weighted by Crippen LogP contribution is 2.33. The number of aryl methyl sites for hydroxylation is 2. The zero-order valence-electron chi connectivity index (χ0n) is 11.5. The van der Waals surface area contributed by atoms with Gasteiger partial charge in [-0.05, 0) is 25.5 Å². The molecule has 5 nitrogen and oxygen atoms in total. The average molecular weight is 286 g/mol. The number of hydrogen-bond acceptors (Lipinski definition) is 4. The maximum Gasteiger partial charge on any atom is 0.215 e. The van der Waals surface area contributed by atoms with Crippen LogP contribution < -0.4 is 4.90 Å². The zero-order chi connectivity index (χ0) is 14.3. The van der Waals surface area contributed by atoms with E-state index in [9.17, 15) is 4.79 Å². The first kappa shape index (κ1) is 12.8. The van der Waals surface area contributed by atoms with E-state index in [-0.39, 0.29) is 0 Å². The molecule has 6 heteroatoms. The summed E-state index contributed by atoms with van der Waals surface area (Å²) in [7, 11) is 1.70. The summed E-state index contributed by atoms with van der Waals surface area (Å²) >= 11 is 1.47. The van der Waals surface area contributed by atoms with Crippen LogP contribution in [0, 0.1) is 13.8 Å². The van der Waals surface area contributed by atoms with E-state index in [4.69, 9.17) is 0 Å². The van der Waals surface area contributed by atoms with Crippen LogP contribution >= 0.6 is 11.3 Å². The minimum absolute atomic E-state index is 0.681. The topological polar surface area (TPSA) is 50.5 Å². The van der Waals surface area contributed by atoms with E-state index in [0.29, 0.717) is 5.13 Å². The van der Waals surface area contributed by atoms with Crippen LogP contribution in [-0.2, 0) is 4.79 Å². The summed E-state index contributed by atoms with van der Waals surface area (Å²) in [5, 5.41) is 0.681. The van der Waals surface area contributed by atoms with Crippen molar-refractivity contribution in [2.45, 2.75) is 13.8 Å². The molecule has 3 heterocycles. The standard InChI is InChI=1S/C14H14N4OS/c1-9-4-5-12-16-11(7-18(12)6-9)13-10(2)15-14(20-13)17(3)8-19/h4-8H,1-3H3. The molecule has 3 aromatic rings. The molecule has 0 radical (unpaired) electrons. The Morgan fingerprint density at radius 1 is 1.25 bits per heavy atom. The highest BCUT2D eigenvalue weighted by atomic mass is 32.1. The molecule has 0 aromatic carbocycles. The summed E-state index contributed by atoms with van der Waals surface area (Å²) < 4.78 is 2.01. The third kappa shape index (κ3) is 2.08. The van der Waals surface area contributed by atoms with Gasteiger partial charge in [0.25, 0.3) is 0 Å². The van der Waals surface area contributed by atoms with Crippen LogP contribution in [0.2, 0.25) is 0 Å². The molecule has 0 unspecified atom stereocenters. The number of rotatable bonds is 3. The van der Waals surface area contributed by atoms with Gasteiger partial charge in [0.05, 0.1) is 10.6 Å². The van der Waals surface area contributed by atoms with Crippen LogP contribution in [0.15, 0.2) is 24.5 Å². The van der Waals surface area contributed by atoms with Gasteiger partial charge in [-0.3, -0.25) is 9.69 Å². The Morgan fingerprint density at radius 2 is 2.05 bits per heavy atom. The molecule has 0 aliphatic rings. The second-order valence-corrected chi connectivity index (χ2v) is 5.70. The smallest absolute Gasteiger partial charge is 0.215 e. The van der Waals surface area contributed by atoms with Gasteiger partial charge in [0.2, 0.25) is 6.41 Å². The number of fused-ring (bicyclic) bond motifs is 1. The second kappa shape index (κ2) is 4.72. The molecule has 0 atom stereocenters. The van der Waals surface area contributed by atoms with E-state index in [1.165, 1.54) is 21.8 Å². The number of aromatic nitrogens is 3. The van der Waals surface area contributed by atoms with Crippen LogP contribution in [0.1, 0.15) is 11.3 Å². The molecular weight excluding hydrogens is 272 g/mol. The normalized spacial score (nSPS) is 10.9. The first-order chi connectivity index (χ1) is 9.58. The Balaban J connectivity index is 2.10. The summed E-state index contributed by atoms with van der Waals surface area (Å²) in [6.45, 7) is 3.98. The van der Waals surface area contributed by atoms with Crippen molar-refractivity contribution < 1.29 is 4.79 Å². The summed E-state index contributed by atoms with van der Waals surface area (Å²) in [5.41, 5.74) is 3.86. The van der Waals surface area contributed by atoms with Gasteiger partial charge in [0.15, 0.2) is 5.13 Å². The lowest BCUT2D eigenvalue weighted by Gasteiger charge is -2.02. The van der Waals surface area contributed by atoms with E-state index < -0.39 is 0 Å². The van der Waals surface area contributed by atoms with Crippen LogP contribution in [0.5, 0.6) is 0 Å². The number of imidazole rings is 1. The summed E-state index contributed by atoms with van der Waals surface area (Å²) in [6.07, 6.45) is 4.79. The van der Waals surface area contributed by atoms with E-state index in [1.807, 2.05) is 42.8 Å². The van der Waals surface area contributed by atoms with Crippen LogP contribution in [0.25, 0.3) is 16.2 Å². The number of carbonyl (C=O) groups is 1. The average Bonchev–Trinajstić information content (AvgIpc) is 3.00. The van der Waals surface area contributed by atoms with E-state index in [2.05, 4.69) is 9.97 Å². The quantitative estimate of drug-likeness (QED) is 0.696. The molecule has 1 amide bonds. The minimum atomic E-state index is 0.681. The van der Waals surface area contributed by atoms with Gasteiger partial charge < -0.3 is 4.40 Å². The molecule has 0 saturated heterocycles. The SMILES string of the molecule is Cc1ccc2nc(-c3sc(N(C)C=O)nc3C)cn2c1. The molecule has 3 rings (SSSR count). The van der Waals surface area contributed by atoms with Crippen molar-refractivity contribution in [1.82, 2.24) is 14.4 Å². The number of nitrogens with zero attached hydrogens (tertiary/aromatic N) is 4. The molecule has 0 fully saturated rings. The van der Waals surface area contributed by atoms with E-state index in [1.54, 1.807) is 7.05 Å². The molecule has 20 heavy (non-hydrogen) atoms. The number of amides is 1. The predicted molar refractivity (Wildman–Crippen MR) is 80.2 cm³/mol. The van der Waals surface area contributed by atoms with E-state index in [0.717, 1.165) is 28.3 Å². The van der Waals surface area contributed by atoms with Gasteiger partial charge in [-0.1, -0.05) is 17.4 Å². The molecule has 0 bridgehead atoms. The predicted octanol–water partition coefficient (Wildman–Crippen LogP) is 2.67. The summed E-state index contributed by atoms with van der Waals surface area (Å²) in [6, 6.07) is 4.03. The lowest BCUT2D eigenvalue weighted by Crippen LogP contribution is -2.12. The van der Waals surface area contributed by atoms with Crippen molar-refractivity contribution in [2.75, 3.05) is 11.9 Å². The highest BCUT2D eigenvalue weighted by Gasteiger charge is 2.15. The van der Waals surface area contributed by atoms with Crippen molar-refractivity contribution in [2.24, 2.45) is 0 Å². The Morgan fingerprint density at radius 3 is 2.80 bits per heavy atom. The molecule has 0 spiro atoms. The first-order valence-electron chi connectivity index (χ1n) is 6.20. The fraction of sp³-hybridized carbons (Fsp3) is 0.214.